The smallest absolute Gasteiger partial charge is 0.410 e. The largest absolute Gasteiger partial charge is 0.445 e. The minimum Gasteiger partial charge on any atom is -0.445 e. The molecule has 1 aliphatic rings. The molecule has 0 saturated carbocycles. The van der Waals surface area contributed by atoms with Gasteiger partial charge in [0.25, 0.3) is 0 Å². The number of benzene rings is 3. The van der Waals surface area contributed by atoms with E-state index in [2.05, 4.69) is 10.1 Å². The van der Waals surface area contributed by atoms with Crippen molar-refractivity contribution in [1.82, 2.24) is 24.6 Å². The second-order valence-electron chi connectivity index (χ2n) is 12.6. The first kappa shape index (κ1) is 33.9. The Morgan fingerprint density at radius 3 is 2.36 bits per heavy atom. The number of likely N-dealkylation sites (tertiary alicyclic amines) is 1. The summed E-state index contributed by atoms with van der Waals surface area (Å²) in [6.45, 7) is 4.93. The normalized spacial score (nSPS) is 17.1. The third-order valence-electron chi connectivity index (χ3n) is 7.95. The standard InChI is InChI=1S/C34H34ClF4N5O3/c1-34(2,3)29(43(32(35)45)18-23-17-42(19-28(23)39)33(46)47-20-21-8-5-4-6-9-21)31-40-30(26-15-25(37)12-13-27(26)38)41-44(31)16-22-10-7-11-24(36)14-22/h4-15,23,28-29H,16-20H2,1-3H3/t23-,28-,29-/m0/s1. The molecule has 0 N–H and O–H groups in total. The average Bonchev–Trinajstić information content (AvgIpc) is 3.59. The first-order valence-electron chi connectivity index (χ1n) is 15.0. The van der Waals surface area contributed by atoms with E-state index < -0.39 is 52.5 Å². The number of alkyl halides is 1. The molecule has 248 valence electrons. The van der Waals surface area contributed by atoms with E-state index in [1.807, 2.05) is 39.0 Å². The highest BCUT2D eigenvalue weighted by atomic mass is 35.5. The third kappa shape index (κ3) is 8.10. The van der Waals surface area contributed by atoms with Crippen molar-refractivity contribution >= 4 is 23.1 Å². The van der Waals surface area contributed by atoms with E-state index in [9.17, 15) is 22.8 Å². The fraction of sp³-hybridized carbons (Fsp3) is 0.353. The summed E-state index contributed by atoms with van der Waals surface area (Å²) < 4.78 is 65.5. The van der Waals surface area contributed by atoms with Gasteiger partial charge in [-0.1, -0.05) is 63.2 Å². The van der Waals surface area contributed by atoms with Gasteiger partial charge in [0.1, 0.15) is 30.2 Å². The Morgan fingerprint density at radius 1 is 0.979 bits per heavy atom. The lowest BCUT2D eigenvalue weighted by atomic mass is 9.84. The van der Waals surface area contributed by atoms with Crippen molar-refractivity contribution in [2.24, 2.45) is 11.3 Å². The van der Waals surface area contributed by atoms with Crippen LogP contribution >= 0.6 is 11.6 Å². The first-order chi connectivity index (χ1) is 22.3. The minimum atomic E-state index is -1.50. The number of amides is 2. The molecule has 8 nitrogen and oxygen atoms in total. The number of carbonyl (C=O) groups excluding carboxylic acids is 2. The molecular formula is C34H34ClF4N5O3. The predicted molar refractivity (Wildman–Crippen MR) is 168 cm³/mol. The number of nitrogens with zero attached hydrogens (tertiary/aromatic N) is 5. The van der Waals surface area contributed by atoms with Crippen LogP contribution in [-0.2, 0) is 17.9 Å². The Hall–Kier alpha value is -4.45. The average molecular weight is 672 g/mol. The zero-order chi connectivity index (χ0) is 33.9. The molecule has 3 atom stereocenters. The SMILES string of the molecule is CC(C)(C)[C@H](c1nc(-c2cc(F)ccc2F)nn1Cc1cccc(F)c1)N(C[C@@H]1CN(C(=O)OCc2ccccc2)C[C@@H]1F)C(=O)Cl. The second kappa shape index (κ2) is 14.1. The van der Waals surface area contributed by atoms with Gasteiger partial charge in [-0.05, 0) is 58.5 Å². The summed E-state index contributed by atoms with van der Waals surface area (Å²) in [6.07, 6.45) is -2.19. The van der Waals surface area contributed by atoms with Crippen LogP contribution in [0.25, 0.3) is 11.4 Å². The van der Waals surface area contributed by atoms with Gasteiger partial charge in [-0.15, -0.1) is 0 Å². The molecule has 0 bridgehead atoms. The molecule has 1 fully saturated rings. The molecular weight excluding hydrogens is 638 g/mol. The molecule has 2 amide bonds. The highest BCUT2D eigenvalue weighted by Gasteiger charge is 2.43. The van der Waals surface area contributed by atoms with Gasteiger partial charge in [0.15, 0.2) is 11.6 Å². The summed E-state index contributed by atoms with van der Waals surface area (Å²) in [5.74, 6) is -2.83. The molecule has 1 aromatic heterocycles. The molecule has 3 aromatic carbocycles. The molecule has 2 heterocycles. The van der Waals surface area contributed by atoms with Crippen LogP contribution in [0.1, 0.15) is 43.8 Å². The van der Waals surface area contributed by atoms with Crippen molar-refractivity contribution in [3.63, 3.8) is 0 Å². The van der Waals surface area contributed by atoms with Crippen LogP contribution in [0.4, 0.5) is 27.2 Å². The maximum Gasteiger partial charge on any atom is 0.410 e. The Morgan fingerprint density at radius 2 is 1.68 bits per heavy atom. The van der Waals surface area contributed by atoms with Crippen LogP contribution in [0.2, 0.25) is 0 Å². The summed E-state index contributed by atoms with van der Waals surface area (Å²) in [5, 5.41) is 3.55. The van der Waals surface area contributed by atoms with Crippen LogP contribution < -0.4 is 0 Å². The lowest BCUT2D eigenvalue weighted by Crippen LogP contribution is -2.44. The Kier molecular flexibility index (Phi) is 10.2. The fourth-order valence-corrected chi connectivity index (χ4v) is 5.92. The minimum absolute atomic E-state index is 0.0192. The summed E-state index contributed by atoms with van der Waals surface area (Å²) in [5.41, 5.74) is 0.237. The molecule has 5 rings (SSSR count). The van der Waals surface area contributed by atoms with Gasteiger partial charge in [0, 0.05) is 19.0 Å². The summed E-state index contributed by atoms with van der Waals surface area (Å²) in [6, 6.07) is 16.7. The van der Waals surface area contributed by atoms with Crippen LogP contribution in [0.5, 0.6) is 0 Å². The topological polar surface area (TPSA) is 80.6 Å². The van der Waals surface area contributed by atoms with E-state index in [1.54, 1.807) is 18.2 Å². The van der Waals surface area contributed by atoms with Crippen molar-refractivity contribution in [3.05, 3.63) is 107 Å². The van der Waals surface area contributed by atoms with Gasteiger partial charge in [-0.2, -0.15) is 5.10 Å². The van der Waals surface area contributed by atoms with E-state index in [0.29, 0.717) is 5.56 Å². The van der Waals surface area contributed by atoms with E-state index in [-0.39, 0.29) is 50.0 Å². The first-order valence-corrected chi connectivity index (χ1v) is 15.4. The van der Waals surface area contributed by atoms with E-state index in [4.69, 9.17) is 16.3 Å². The fourth-order valence-electron chi connectivity index (χ4n) is 5.75. The van der Waals surface area contributed by atoms with Crippen molar-refractivity contribution in [1.29, 1.82) is 0 Å². The highest BCUT2D eigenvalue weighted by molar-refractivity contribution is 6.62. The maximum absolute atomic E-state index is 15.5. The summed E-state index contributed by atoms with van der Waals surface area (Å²) >= 11 is 6.18. The number of aromatic nitrogens is 3. The summed E-state index contributed by atoms with van der Waals surface area (Å²) in [7, 11) is 0. The lowest BCUT2D eigenvalue weighted by Gasteiger charge is -2.39. The Balaban J connectivity index is 1.47. The van der Waals surface area contributed by atoms with Gasteiger partial charge >= 0.3 is 11.5 Å². The van der Waals surface area contributed by atoms with Crippen molar-refractivity contribution in [2.45, 2.75) is 46.1 Å². The predicted octanol–water partition coefficient (Wildman–Crippen LogP) is 7.77. The zero-order valence-electron chi connectivity index (χ0n) is 26.0. The Labute approximate surface area is 274 Å². The lowest BCUT2D eigenvalue weighted by molar-refractivity contribution is 0.0952. The van der Waals surface area contributed by atoms with Gasteiger partial charge < -0.3 is 14.5 Å². The molecule has 0 radical (unpaired) electrons. The van der Waals surface area contributed by atoms with Crippen molar-refractivity contribution in [3.8, 4) is 11.4 Å². The van der Waals surface area contributed by atoms with Crippen LogP contribution in [-0.4, -0.2) is 61.8 Å². The van der Waals surface area contributed by atoms with Crippen LogP contribution in [0.3, 0.4) is 0 Å². The Bertz CT molecular complexity index is 1730. The van der Waals surface area contributed by atoms with Crippen molar-refractivity contribution < 1.29 is 31.9 Å². The van der Waals surface area contributed by atoms with Gasteiger partial charge in [0.2, 0.25) is 0 Å². The number of hydrogen-bond donors (Lipinski definition) is 0. The number of rotatable bonds is 9. The number of halogens is 5. The van der Waals surface area contributed by atoms with E-state index in [0.717, 1.165) is 23.8 Å². The van der Waals surface area contributed by atoms with E-state index in [1.165, 1.54) is 32.7 Å². The maximum atomic E-state index is 15.5. The molecule has 1 aliphatic heterocycles. The molecule has 13 heteroatoms. The zero-order valence-corrected chi connectivity index (χ0v) is 26.8. The molecule has 47 heavy (non-hydrogen) atoms. The van der Waals surface area contributed by atoms with Crippen molar-refractivity contribution in [2.75, 3.05) is 19.6 Å². The monoisotopic (exact) mass is 671 g/mol. The molecule has 1 saturated heterocycles. The van der Waals surface area contributed by atoms with E-state index >= 15 is 4.39 Å². The highest BCUT2D eigenvalue weighted by Crippen LogP contribution is 2.40. The molecule has 0 unspecified atom stereocenters. The molecule has 4 aromatic rings. The number of ether oxygens (including phenoxy) is 1. The van der Waals surface area contributed by atoms with Gasteiger partial charge in [-0.25, -0.2) is 32.0 Å². The molecule has 0 aliphatic carbocycles. The van der Waals surface area contributed by atoms with Gasteiger partial charge in [0.05, 0.1) is 24.7 Å². The van der Waals surface area contributed by atoms with Crippen LogP contribution in [0, 0.1) is 28.8 Å². The van der Waals surface area contributed by atoms with Crippen LogP contribution in [0.15, 0.2) is 72.8 Å². The number of hydrogen-bond acceptors (Lipinski definition) is 5. The second-order valence-corrected chi connectivity index (χ2v) is 12.9. The quantitative estimate of drug-likeness (QED) is 0.103. The summed E-state index contributed by atoms with van der Waals surface area (Å²) in [4.78, 5) is 33.0. The third-order valence-corrected chi connectivity index (χ3v) is 8.17. The van der Waals surface area contributed by atoms with Gasteiger partial charge in [-0.3, -0.25) is 4.79 Å². The molecule has 0 spiro atoms. The number of carbonyl (C=O) groups is 2.